The van der Waals surface area contributed by atoms with Crippen molar-refractivity contribution in [2.75, 3.05) is 5.32 Å². The normalized spacial score (nSPS) is 10.1. The molecule has 0 saturated heterocycles. The van der Waals surface area contributed by atoms with Crippen LogP contribution in [0.2, 0.25) is 5.02 Å². The molecule has 0 fully saturated rings. The van der Waals surface area contributed by atoms with Crippen molar-refractivity contribution in [3.8, 4) is 0 Å². The monoisotopic (exact) mass is 307 g/mol. The van der Waals surface area contributed by atoms with Crippen molar-refractivity contribution in [3.63, 3.8) is 0 Å². The summed E-state index contributed by atoms with van der Waals surface area (Å²) in [6.45, 7) is 4.00. The van der Waals surface area contributed by atoms with Crippen molar-refractivity contribution >= 4 is 39.7 Å². The molecule has 0 spiro atoms. The van der Waals surface area contributed by atoms with E-state index in [4.69, 9.17) is 11.6 Å². The Morgan fingerprint density at radius 1 is 1.14 bits per heavy atom. The molecule has 7 heteroatoms. The first-order chi connectivity index (χ1) is 10.3. The Labute approximate surface area is 126 Å². The fraction of sp³-hybridized carbons (Fsp3) is 0.143. The smallest absolute Gasteiger partial charge is 0.217 e. The molecule has 0 unspecified atom stereocenters. The van der Waals surface area contributed by atoms with Gasteiger partial charge in [-0.3, -0.25) is 0 Å². The zero-order chi connectivity index (χ0) is 15.2. The summed E-state index contributed by atoms with van der Waals surface area (Å²) in [6, 6.07) is 11.2. The minimum Gasteiger partial charge on any atom is -0.350 e. The van der Waals surface area contributed by atoms with E-state index in [2.05, 4.69) is 20.3 Å². The van der Waals surface area contributed by atoms with Gasteiger partial charge in [0.25, 0.3) is 0 Å². The van der Waals surface area contributed by atoms with Gasteiger partial charge in [0.15, 0.2) is 5.52 Å². The lowest BCUT2D eigenvalue weighted by atomic mass is 10.2. The molecule has 0 radical (unpaired) electrons. The van der Waals surface area contributed by atoms with E-state index in [9.17, 15) is 5.21 Å². The van der Waals surface area contributed by atoms with Crippen molar-refractivity contribution < 1.29 is 15.3 Å². The number of nitrogens with zero attached hydrogens (tertiary/aromatic N) is 2. The molecule has 0 amide bonds. The molecule has 3 aromatic rings. The highest BCUT2D eigenvalue weighted by molar-refractivity contribution is 6.35. The molecule has 0 aliphatic rings. The SMILES string of the molecule is CC.O[NH2+]c1c(Nc2ccccc2)cc(Cl)c2nonc12. The number of anilines is 2. The number of nitrogens with one attached hydrogen (secondary N) is 1. The van der Waals surface area contributed by atoms with Gasteiger partial charge < -0.3 is 5.32 Å². The van der Waals surface area contributed by atoms with E-state index >= 15 is 0 Å². The van der Waals surface area contributed by atoms with Crippen LogP contribution in [0.1, 0.15) is 13.8 Å². The molecule has 21 heavy (non-hydrogen) atoms. The summed E-state index contributed by atoms with van der Waals surface area (Å²) in [5.41, 5.74) is 3.76. The lowest BCUT2D eigenvalue weighted by Gasteiger charge is -2.08. The third-order valence-corrected chi connectivity index (χ3v) is 3.00. The van der Waals surface area contributed by atoms with E-state index in [-0.39, 0.29) is 0 Å². The molecule has 0 atom stereocenters. The zero-order valence-corrected chi connectivity index (χ0v) is 12.4. The molecule has 1 aromatic heterocycles. The number of halogens is 1. The van der Waals surface area contributed by atoms with Gasteiger partial charge in [0.1, 0.15) is 5.69 Å². The summed E-state index contributed by atoms with van der Waals surface area (Å²) in [6.07, 6.45) is 0. The molecule has 0 aliphatic carbocycles. The van der Waals surface area contributed by atoms with E-state index in [0.29, 0.717) is 27.4 Å². The molecule has 4 N–H and O–H groups in total. The maximum absolute atomic E-state index is 9.39. The summed E-state index contributed by atoms with van der Waals surface area (Å²) < 4.78 is 4.65. The number of hydrogen-bond acceptors (Lipinski definition) is 5. The second-order valence-corrected chi connectivity index (χ2v) is 4.31. The van der Waals surface area contributed by atoms with Gasteiger partial charge in [-0.25, -0.2) is 9.84 Å². The average molecular weight is 308 g/mol. The van der Waals surface area contributed by atoms with Crippen LogP contribution in [0.25, 0.3) is 11.0 Å². The molecule has 6 nitrogen and oxygen atoms in total. The van der Waals surface area contributed by atoms with Crippen LogP contribution in [0.4, 0.5) is 17.1 Å². The highest BCUT2D eigenvalue weighted by atomic mass is 35.5. The van der Waals surface area contributed by atoms with Crippen LogP contribution in [-0.2, 0) is 0 Å². The van der Waals surface area contributed by atoms with Gasteiger partial charge in [0.2, 0.25) is 11.2 Å². The number of aromatic nitrogens is 2. The van der Waals surface area contributed by atoms with Gasteiger partial charge in [-0.15, -0.1) is 0 Å². The van der Waals surface area contributed by atoms with E-state index in [1.54, 1.807) is 6.07 Å². The predicted octanol–water partition coefficient (Wildman–Crippen LogP) is 3.23. The molecule has 2 aromatic carbocycles. The first-order valence-electron chi connectivity index (χ1n) is 6.54. The molecule has 3 rings (SSSR count). The number of hydrogen-bond donors (Lipinski definition) is 3. The Kier molecular flexibility index (Phi) is 5.10. The number of fused-ring (bicyclic) bond motifs is 1. The van der Waals surface area contributed by atoms with E-state index < -0.39 is 0 Å². The fourth-order valence-corrected chi connectivity index (χ4v) is 2.07. The van der Waals surface area contributed by atoms with Gasteiger partial charge in [0.05, 0.1) is 5.02 Å². The molecular weight excluding hydrogens is 292 g/mol. The lowest BCUT2D eigenvalue weighted by molar-refractivity contribution is -0.824. The van der Waals surface area contributed by atoms with Gasteiger partial charge in [-0.1, -0.05) is 43.6 Å². The lowest BCUT2D eigenvalue weighted by Crippen LogP contribution is -2.74. The summed E-state index contributed by atoms with van der Waals surface area (Å²) in [5, 5.41) is 20.4. The second kappa shape index (κ2) is 7.03. The first-order valence-corrected chi connectivity index (χ1v) is 6.91. The van der Waals surface area contributed by atoms with Crippen molar-refractivity contribution in [2.45, 2.75) is 13.8 Å². The second-order valence-electron chi connectivity index (χ2n) is 3.90. The fourth-order valence-electron chi connectivity index (χ4n) is 1.83. The Morgan fingerprint density at radius 2 is 1.81 bits per heavy atom. The highest BCUT2D eigenvalue weighted by Gasteiger charge is 2.19. The van der Waals surface area contributed by atoms with Crippen LogP contribution in [0.15, 0.2) is 41.0 Å². The van der Waals surface area contributed by atoms with Crippen LogP contribution >= 0.6 is 11.6 Å². The third-order valence-electron chi connectivity index (χ3n) is 2.71. The van der Waals surface area contributed by atoms with Crippen molar-refractivity contribution in [1.82, 2.24) is 10.3 Å². The maximum atomic E-state index is 9.39. The molecule has 110 valence electrons. The van der Waals surface area contributed by atoms with Gasteiger partial charge in [0, 0.05) is 5.69 Å². The number of quaternary nitrogens is 1. The zero-order valence-electron chi connectivity index (χ0n) is 11.7. The van der Waals surface area contributed by atoms with E-state index in [1.807, 2.05) is 44.2 Å². The minimum atomic E-state index is 0.403. The maximum Gasteiger partial charge on any atom is 0.217 e. The molecule has 0 aliphatic heterocycles. The van der Waals surface area contributed by atoms with Gasteiger partial charge >= 0.3 is 0 Å². The van der Waals surface area contributed by atoms with E-state index in [0.717, 1.165) is 11.2 Å². The Hall–Kier alpha value is -2.15. The number of benzene rings is 2. The Morgan fingerprint density at radius 3 is 2.48 bits per heavy atom. The Balaban J connectivity index is 0.000000774. The van der Waals surface area contributed by atoms with Crippen molar-refractivity contribution in [1.29, 1.82) is 0 Å². The van der Waals surface area contributed by atoms with Crippen molar-refractivity contribution in [3.05, 3.63) is 41.4 Å². The van der Waals surface area contributed by atoms with Crippen LogP contribution in [-0.4, -0.2) is 15.5 Å². The third kappa shape index (κ3) is 3.13. The topological polar surface area (TPSA) is 87.8 Å². The quantitative estimate of drug-likeness (QED) is 0.511. The number of nitrogens with two attached hydrogens (primary N) is 1. The van der Waals surface area contributed by atoms with Gasteiger partial charge in [-0.05, 0) is 28.5 Å². The summed E-state index contributed by atoms with van der Waals surface area (Å²) >= 11 is 6.10. The van der Waals surface area contributed by atoms with Gasteiger partial charge in [-0.2, -0.15) is 5.48 Å². The summed E-state index contributed by atoms with van der Waals surface area (Å²) in [5.74, 6) is 0. The Bertz CT molecular complexity index is 716. The molecule has 0 saturated carbocycles. The van der Waals surface area contributed by atoms with Crippen LogP contribution in [0.3, 0.4) is 0 Å². The molecule has 1 heterocycles. The number of para-hydroxylation sites is 1. The van der Waals surface area contributed by atoms with Crippen molar-refractivity contribution in [2.24, 2.45) is 0 Å². The largest absolute Gasteiger partial charge is 0.350 e. The predicted molar refractivity (Wildman–Crippen MR) is 81.3 cm³/mol. The minimum absolute atomic E-state index is 0.403. The van der Waals surface area contributed by atoms with E-state index in [1.165, 1.54) is 0 Å². The number of rotatable bonds is 3. The standard InChI is InChI=1S/C12H9ClN4O2.C2H6/c13-8-6-9(14-7-4-2-1-3-5-7)11(15-18)12-10(8)16-19-17-12;1-2/h1-6,14-15,18H;1-2H3/p+1. The van der Waals surface area contributed by atoms with Crippen LogP contribution in [0.5, 0.6) is 0 Å². The first kappa shape index (κ1) is 15.2. The molecular formula is C14H16ClN4O2+. The summed E-state index contributed by atoms with van der Waals surface area (Å²) in [7, 11) is 0. The average Bonchev–Trinajstić information content (AvgIpc) is 3.01. The highest BCUT2D eigenvalue weighted by Crippen LogP contribution is 2.33. The summed E-state index contributed by atoms with van der Waals surface area (Å²) in [4.78, 5) is 0. The van der Waals surface area contributed by atoms with Crippen LogP contribution in [0, 0.1) is 0 Å². The van der Waals surface area contributed by atoms with Crippen LogP contribution < -0.4 is 10.8 Å². The molecule has 0 bridgehead atoms.